The molecule has 0 aliphatic carbocycles. The van der Waals surface area contributed by atoms with E-state index >= 15 is 0 Å². The van der Waals surface area contributed by atoms with E-state index in [0.29, 0.717) is 0 Å². The van der Waals surface area contributed by atoms with E-state index in [1.807, 2.05) is 0 Å². The first-order valence-corrected chi connectivity index (χ1v) is 0. The van der Waals surface area contributed by atoms with Crippen LogP contribution in [0, 0.1) is 0 Å². The van der Waals surface area contributed by atoms with Gasteiger partial charge in [0.05, 0.1) is 0 Å². The molecule has 0 amide bonds. The van der Waals surface area contributed by atoms with E-state index in [1.54, 1.807) is 0 Å². The molecule has 2 radical (unpaired) electrons. The first kappa shape index (κ1) is 38.1. The average Bonchev–Trinajstić information content (AvgIpc) is 0. The van der Waals surface area contributed by atoms with E-state index in [9.17, 15) is 0 Å². The van der Waals surface area contributed by atoms with Gasteiger partial charge in [-0.25, -0.2) is 0 Å². The first-order chi connectivity index (χ1) is 0. The second-order valence-corrected chi connectivity index (χ2v) is 0. The molecule has 0 fully saturated rings. The van der Waals surface area contributed by atoms with Crippen LogP contribution in [-0.4, -0.2) is 48.9 Å². The molecule has 5 heavy (non-hydrogen) atoms. The van der Waals surface area contributed by atoms with E-state index in [0.717, 1.165) is 0 Å². The largest absolute Gasteiger partial charge is 2.00 e. The molecule has 0 rings (SSSR count). The Labute approximate surface area is 117 Å². The summed E-state index contributed by atoms with van der Waals surface area (Å²) < 4.78 is 0. The van der Waals surface area contributed by atoms with Crippen LogP contribution in [0.4, 0.5) is 0 Å². The van der Waals surface area contributed by atoms with Gasteiger partial charge in [0.2, 0.25) is 0 Å². The van der Waals surface area contributed by atoms with Gasteiger partial charge in [0, 0.05) is 68.0 Å². The van der Waals surface area contributed by atoms with Crippen LogP contribution in [0.3, 0.4) is 0 Å². The van der Waals surface area contributed by atoms with Gasteiger partial charge in [0.25, 0.3) is 0 Å². The van der Waals surface area contributed by atoms with Gasteiger partial charge < -0.3 is 2.85 Å². The molecule has 5 heteroatoms. The molecule has 0 saturated heterocycles. The summed E-state index contributed by atoms with van der Waals surface area (Å²) in [5.41, 5.74) is 0. The maximum absolute atomic E-state index is 0. The van der Waals surface area contributed by atoms with Gasteiger partial charge in [-0.1, -0.05) is 0 Å². The summed E-state index contributed by atoms with van der Waals surface area (Å²) in [7, 11) is 0. The Morgan fingerprint density at radius 1 is 1.20 bits per heavy atom. The van der Waals surface area contributed by atoms with Crippen molar-refractivity contribution >= 4 is 48.9 Å². The third-order valence-corrected chi connectivity index (χ3v) is 0. The Bertz CT molecular complexity index is 17.7. The van der Waals surface area contributed by atoms with Crippen LogP contribution >= 0.6 is 0 Å². The SMILES string of the molecule is [Ba+2].[Cr].[Cu].[H-].[H-].[Mn].[Ni]. The van der Waals surface area contributed by atoms with Crippen molar-refractivity contribution in [1.82, 2.24) is 0 Å². The van der Waals surface area contributed by atoms with E-state index in [1.165, 1.54) is 0 Å². The van der Waals surface area contributed by atoms with Gasteiger partial charge in [-0.2, -0.15) is 0 Å². The van der Waals surface area contributed by atoms with Gasteiger partial charge in [-0.05, 0) is 0 Å². The zero-order chi connectivity index (χ0) is 0. The summed E-state index contributed by atoms with van der Waals surface area (Å²) in [6.45, 7) is 0. The average molecular weight is 369 g/mol. The minimum Gasteiger partial charge on any atom is -1.00 e. The molecule has 38 valence electrons. The van der Waals surface area contributed by atoms with E-state index in [2.05, 4.69) is 0 Å². The van der Waals surface area contributed by atoms with Crippen molar-refractivity contribution in [2.45, 2.75) is 0 Å². The summed E-state index contributed by atoms with van der Waals surface area (Å²) in [6.07, 6.45) is 0. The Hall–Kier alpha value is 3.64. The minimum absolute atomic E-state index is 0. The van der Waals surface area contributed by atoms with Crippen LogP contribution in [0.1, 0.15) is 2.85 Å². The van der Waals surface area contributed by atoms with Crippen molar-refractivity contribution in [3.63, 3.8) is 0 Å². The quantitative estimate of drug-likeness (QED) is 0.521. The predicted octanol–water partition coefficient (Wildman–Crippen LogP) is -0.166. The molecule has 0 spiro atoms. The van der Waals surface area contributed by atoms with Gasteiger partial charge in [0.15, 0.2) is 0 Å². The topological polar surface area (TPSA) is 0 Å². The van der Waals surface area contributed by atoms with Crippen molar-refractivity contribution in [2.75, 3.05) is 0 Å². The molecule has 0 aromatic rings. The molecule has 0 aliphatic rings. The third-order valence-electron chi connectivity index (χ3n) is 0. The second kappa shape index (κ2) is 25.4. The molecule has 0 unspecified atom stereocenters. The fraction of sp³-hybridized carbons (Fsp3) is 0. The Kier molecular flexibility index (Phi) is 194. The summed E-state index contributed by atoms with van der Waals surface area (Å²) >= 11 is 0. The zero-order valence-corrected chi connectivity index (χ0v) is 10.9. The van der Waals surface area contributed by atoms with Crippen LogP contribution in [-0.2, 0) is 68.0 Å². The Balaban J connectivity index is 0. The molecule has 0 bridgehead atoms. The van der Waals surface area contributed by atoms with E-state index in [4.69, 9.17) is 0 Å². The minimum atomic E-state index is 0. The molecule has 0 aromatic carbocycles. The molecule has 0 aliphatic heterocycles. The summed E-state index contributed by atoms with van der Waals surface area (Å²) in [5.74, 6) is 0. The van der Waals surface area contributed by atoms with Crippen molar-refractivity contribution in [3.8, 4) is 0 Å². The summed E-state index contributed by atoms with van der Waals surface area (Å²) in [5, 5.41) is 0. The summed E-state index contributed by atoms with van der Waals surface area (Å²) in [4.78, 5) is 0. The zero-order valence-electron chi connectivity index (χ0n) is 4.11. The number of hydrogen-bond donors (Lipinski definition) is 0. The van der Waals surface area contributed by atoms with Crippen LogP contribution in [0.25, 0.3) is 0 Å². The Morgan fingerprint density at radius 3 is 1.20 bits per heavy atom. The molecule has 0 saturated carbocycles. The van der Waals surface area contributed by atoms with Crippen LogP contribution in [0.5, 0.6) is 0 Å². The number of rotatable bonds is 0. The fourth-order valence-electron chi connectivity index (χ4n) is 0. The molecule has 0 nitrogen and oxygen atoms in total. The van der Waals surface area contributed by atoms with Crippen molar-refractivity contribution in [2.24, 2.45) is 0 Å². The van der Waals surface area contributed by atoms with Crippen LogP contribution in [0.15, 0.2) is 0 Å². The van der Waals surface area contributed by atoms with Gasteiger partial charge in [-0.3, -0.25) is 0 Å². The predicted molar refractivity (Wildman–Crippen MR) is 7.98 cm³/mol. The number of hydrogen-bond acceptors (Lipinski definition) is 0. The molecular formula is H2BaCrCuMnNi. The maximum Gasteiger partial charge on any atom is 2.00 e. The first-order valence-electron chi connectivity index (χ1n) is 0. The third kappa shape index (κ3) is 18.3. The summed E-state index contributed by atoms with van der Waals surface area (Å²) in [6, 6.07) is 0. The smallest absolute Gasteiger partial charge is 1.00 e. The van der Waals surface area contributed by atoms with Crippen LogP contribution in [0.2, 0.25) is 0 Å². The molecule has 0 atom stereocenters. The van der Waals surface area contributed by atoms with Crippen molar-refractivity contribution in [3.05, 3.63) is 0 Å². The molecule has 0 heterocycles. The normalized spacial score (nSPS) is 0. The second-order valence-electron chi connectivity index (χ2n) is 0. The van der Waals surface area contributed by atoms with Gasteiger partial charge in [-0.15, -0.1) is 0 Å². The van der Waals surface area contributed by atoms with Gasteiger partial charge >= 0.3 is 48.9 Å². The van der Waals surface area contributed by atoms with Crippen molar-refractivity contribution in [1.29, 1.82) is 0 Å². The standard InChI is InChI=1S/Ba.Cr.Cu.Mn.Ni.2H/q+2;;;;;2*-1. The van der Waals surface area contributed by atoms with E-state index in [-0.39, 0.29) is 120 Å². The monoisotopic (exact) mass is 368 g/mol. The van der Waals surface area contributed by atoms with Gasteiger partial charge in [0.1, 0.15) is 0 Å². The molecule has 0 aromatic heterocycles. The van der Waals surface area contributed by atoms with Crippen LogP contribution < -0.4 is 0 Å². The maximum atomic E-state index is 0. The van der Waals surface area contributed by atoms with Crippen molar-refractivity contribution < 1.29 is 70.8 Å². The fourth-order valence-corrected chi connectivity index (χ4v) is 0. The molecule has 0 N–H and O–H groups in total. The Morgan fingerprint density at radius 2 is 1.20 bits per heavy atom. The molecular weight excluding hydrogens is 367 g/mol. The van der Waals surface area contributed by atoms with E-state index < -0.39 is 0 Å².